The minimum atomic E-state index is -0.549. The Morgan fingerprint density at radius 2 is 1.95 bits per heavy atom. The lowest BCUT2D eigenvalue weighted by Crippen LogP contribution is -2.29. The van der Waals surface area contributed by atoms with Gasteiger partial charge in [0.15, 0.2) is 0 Å². The summed E-state index contributed by atoms with van der Waals surface area (Å²) in [6, 6.07) is 4.07. The van der Waals surface area contributed by atoms with E-state index < -0.39 is 4.92 Å². The van der Waals surface area contributed by atoms with E-state index in [0.29, 0.717) is 29.9 Å². The van der Waals surface area contributed by atoms with E-state index in [2.05, 4.69) is 13.8 Å². The molecule has 1 amide bonds. The minimum Gasteiger partial charge on any atom is -0.338 e. The normalized spacial score (nSPS) is 22.6. The highest BCUT2D eigenvalue weighted by molar-refractivity contribution is 6.31. The number of benzene rings is 1. The molecule has 1 saturated heterocycles. The second kappa shape index (κ2) is 5.17. The molecule has 1 aromatic carbocycles. The zero-order chi connectivity index (χ0) is 14.2. The van der Waals surface area contributed by atoms with Crippen LogP contribution in [0.15, 0.2) is 18.2 Å². The molecule has 1 heterocycles. The molecule has 0 saturated carbocycles. The van der Waals surface area contributed by atoms with Crippen molar-refractivity contribution in [1.29, 1.82) is 0 Å². The predicted molar refractivity (Wildman–Crippen MR) is 72.3 cm³/mol. The van der Waals surface area contributed by atoms with Crippen LogP contribution in [0.4, 0.5) is 5.69 Å². The second-order valence-corrected chi connectivity index (χ2v) is 5.52. The number of halogens is 1. The van der Waals surface area contributed by atoms with Crippen LogP contribution in [0, 0.1) is 22.0 Å². The molecule has 2 rings (SSSR count). The van der Waals surface area contributed by atoms with Crippen molar-refractivity contribution in [3.63, 3.8) is 0 Å². The molecule has 102 valence electrons. The van der Waals surface area contributed by atoms with Gasteiger partial charge < -0.3 is 4.90 Å². The number of carbonyl (C=O) groups excluding carboxylic acids is 1. The Morgan fingerprint density at radius 1 is 1.37 bits per heavy atom. The van der Waals surface area contributed by atoms with Crippen LogP contribution in [0.25, 0.3) is 0 Å². The van der Waals surface area contributed by atoms with Gasteiger partial charge in [0.05, 0.1) is 4.92 Å². The van der Waals surface area contributed by atoms with Crippen LogP contribution in [0.1, 0.15) is 24.2 Å². The molecule has 0 N–H and O–H groups in total. The maximum atomic E-state index is 12.4. The van der Waals surface area contributed by atoms with Gasteiger partial charge in [0, 0.05) is 24.2 Å². The minimum absolute atomic E-state index is 0.0683. The summed E-state index contributed by atoms with van der Waals surface area (Å²) < 4.78 is 0. The van der Waals surface area contributed by atoms with Crippen molar-refractivity contribution in [3.8, 4) is 0 Å². The largest absolute Gasteiger partial charge is 0.338 e. The first kappa shape index (κ1) is 13.8. The zero-order valence-electron chi connectivity index (χ0n) is 10.8. The fourth-order valence-electron chi connectivity index (χ4n) is 2.30. The Balaban J connectivity index is 2.33. The molecule has 0 aromatic heterocycles. The second-order valence-electron chi connectivity index (χ2n) is 5.08. The molecule has 0 spiro atoms. The van der Waals surface area contributed by atoms with Gasteiger partial charge in [0.2, 0.25) is 0 Å². The van der Waals surface area contributed by atoms with Gasteiger partial charge >= 0.3 is 0 Å². The summed E-state index contributed by atoms with van der Waals surface area (Å²) in [5.74, 6) is 0.495. The summed E-state index contributed by atoms with van der Waals surface area (Å²) in [6.45, 7) is 5.40. The molecule has 6 heteroatoms. The maximum absolute atomic E-state index is 12.4. The van der Waals surface area contributed by atoms with Crippen molar-refractivity contribution < 1.29 is 9.72 Å². The number of rotatable bonds is 2. The number of nitrogens with zero attached hydrogens (tertiary/aromatic N) is 2. The number of hydrogen-bond acceptors (Lipinski definition) is 3. The summed E-state index contributed by atoms with van der Waals surface area (Å²) in [4.78, 5) is 24.5. The Bertz CT molecular complexity index is 523. The molecule has 0 bridgehead atoms. The third-order valence-corrected chi connectivity index (χ3v) is 3.90. The van der Waals surface area contributed by atoms with Gasteiger partial charge in [-0.1, -0.05) is 25.4 Å². The quantitative estimate of drug-likeness (QED) is 0.619. The topological polar surface area (TPSA) is 63.5 Å². The average Bonchev–Trinajstić information content (AvgIpc) is 2.68. The molecule has 1 aromatic rings. The average molecular weight is 283 g/mol. The molecular formula is C13H15ClN2O3. The van der Waals surface area contributed by atoms with Crippen LogP contribution >= 0.6 is 11.6 Å². The molecule has 0 aliphatic carbocycles. The van der Waals surface area contributed by atoms with Crippen LogP contribution in [-0.4, -0.2) is 28.8 Å². The zero-order valence-corrected chi connectivity index (χ0v) is 11.6. The van der Waals surface area contributed by atoms with Gasteiger partial charge in [-0.3, -0.25) is 14.9 Å². The van der Waals surface area contributed by atoms with Crippen LogP contribution < -0.4 is 0 Å². The van der Waals surface area contributed by atoms with Crippen molar-refractivity contribution in [2.24, 2.45) is 11.8 Å². The standard InChI is InChI=1S/C13H15ClN2O3/c1-8-6-15(7-9(8)2)13(17)11-5-10(14)3-4-12(11)16(18)19/h3-5,8-9H,6-7H2,1-2H3. The Hall–Kier alpha value is -1.62. The third-order valence-electron chi connectivity index (χ3n) is 3.66. The van der Waals surface area contributed by atoms with Gasteiger partial charge in [0.1, 0.15) is 5.56 Å². The molecule has 1 fully saturated rings. The molecule has 0 radical (unpaired) electrons. The summed E-state index contributed by atoms with van der Waals surface area (Å²) in [5, 5.41) is 11.3. The Labute approximate surface area is 116 Å². The van der Waals surface area contributed by atoms with Crippen molar-refractivity contribution in [1.82, 2.24) is 4.90 Å². The van der Waals surface area contributed by atoms with Gasteiger partial charge in [-0.25, -0.2) is 0 Å². The van der Waals surface area contributed by atoms with Crippen molar-refractivity contribution in [2.45, 2.75) is 13.8 Å². The van der Waals surface area contributed by atoms with Crippen LogP contribution in [-0.2, 0) is 0 Å². The molecule has 1 aliphatic rings. The molecular weight excluding hydrogens is 268 g/mol. The van der Waals surface area contributed by atoms with E-state index in [4.69, 9.17) is 11.6 Å². The van der Waals surface area contributed by atoms with E-state index in [0.717, 1.165) is 0 Å². The summed E-state index contributed by atoms with van der Waals surface area (Å²) in [7, 11) is 0. The fraction of sp³-hybridized carbons (Fsp3) is 0.462. The van der Waals surface area contributed by atoms with Gasteiger partial charge in [0.25, 0.3) is 11.6 Å². The highest BCUT2D eigenvalue weighted by atomic mass is 35.5. The first-order chi connectivity index (χ1) is 8.90. The highest BCUT2D eigenvalue weighted by Crippen LogP contribution is 2.28. The van der Waals surface area contributed by atoms with Gasteiger partial charge in [-0.2, -0.15) is 0 Å². The van der Waals surface area contributed by atoms with E-state index in [1.54, 1.807) is 4.90 Å². The third kappa shape index (κ3) is 2.71. The first-order valence-electron chi connectivity index (χ1n) is 6.13. The number of hydrogen-bond donors (Lipinski definition) is 0. The summed E-state index contributed by atoms with van der Waals surface area (Å²) in [5.41, 5.74) is -0.125. The molecule has 19 heavy (non-hydrogen) atoms. The van der Waals surface area contributed by atoms with Crippen molar-refractivity contribution in [3.05, 3.63) is 38.9 Å². The van der Waals surface area contributed by atoms with Crippen molar-refractivity contribution in [2.75, 3.05) is 13.1 Å². The van der Waals surface area contributed by atoms with Crippen LogP contribution in [0.2, 0.25) is 5.02 Å². The monoisotopic (exact) mass is 282 g/mol. The van der Waals surface area contributed by atoms with Gasteiger partial charge in [-0.05, 0) is 24.0 Å². The van der Waals surface area contributed by atoms with E-state index in [1.165, 1.54) is 18.2 Å². The lowest BCUT2D eigenvalue weighted by atomic mass is 10.0. The Morgan fingerprint density at radius 3 is 2.47 bits per heavy atom. The van der Waals surface area contributed by atoms with E-state index in [9.17, 15) is 14.9 Å². The number of carbonyl (C=O) groups is 1. The first-order valence-corrected chi connectivity index (χ1v) is 6.51. The van der Waals surface area contributed by atoms with E-state index >= 15 is 0 Å². The summed E-state index contributed by atoms with van der Waals surface area (Å²) >= 11 is 5.84. The lowest BCUT2D eigenvalue weighted by Gasteiger charge is -2.16. The van der Waals surface area contributed by atoms with Crippen LogP contribution in [0.5, 0.6) is 0 Å². The SMILES string of the molecule is CC1CN(C(=O)c2cc(Cl)ccc2[N+](=O)[O-])CC1C. The smallest absolute Gasteiger partial charge is 0.282 e. The summed E-state index contributed by atoms with van der Waals surface area (Å²) in [6.07, 6.45) is 0. The highest BCUT2D eigenvalue weighted by Gasteiger charge is 2.32. The molecule has 5 nitrogen and oxygen atoms in total. The van der Waals surface area contributed by atoms with E-state index in [-0.39, 0.29) is 17.2 Å². The molecule has 2 atom stereocenters. The maximum Gasteiger partial charge on any atom is 0.282 e. The molecule has 2 unspecified atom stereocenters. The van der Waals surface area contributed by atoms with Crippen molar-refractivity contribution >= 4 is 23.2 Å². The predicted octanol–water partition coefficient (Wildman–Crippen LogP) is 2.98. The van der Waals surface area contributed by atoms with Gasteiger partial charge in [-0.15, -0.1) is 0 Å². The number of nitro groups is 1. The number of amides is 1. The fourth-order valence-corrected chi connectivity index (χ4v) is 2.48. The molecule has 1 aliphatic heterocycles. The number of nitro benzene ring substituents is 1. The Kier molecular flexibility index (Phi) is 3.75. The van der Waals surface area contributed by atoms with Crippen LogP contribution in [0.3, 0.4) is 0 Å². The lowest BCUT2D eigenvalue weighted by molar-refractivity contribution is -0.385. The number of likely N-dealkylation sites (tertiary alicyclic amines) is 1. The van der Waals surface area contributed by atoms with E-state index in [1.807, 2.05) is 0 Å².